The first-order valence-corrected chi connectivity index (χ1v) is 11.8. The van der Waals surface area contributed by atoms with E-state index in [-0.39, 0.29) is 16.8 Å². The second-order valence-electron chi connectivity index (χ2n) is 8.13. The fourth-order valence-corrected chi connectivity index (χ4v) is 4.38. The molecule has 0 aliphatic carbocycles. The Morgan fingerprint density at radius 3 is 2.16 bits per heavy atom. The molecular formula is C25H29N3O3S. The first-order chi connectivity index (χ1) is 15.2. The van der Waals surface area contributed by atoms with Crippen LogP contribution in [0.25, 0.3) is 0 Å². The van der Waals surface area contributed by atoms with E-state index in [9.17, 15) is 13.2 Å². The maximum absolute atomic E-state index is 12.8. The molecule has 168 valence electrons. The Balaban J connectivity index is 1.74. The summed E-state index contributed by atoms with van der Waals surface area (Å²) < 4.78 is 28.1. The lowest BCUT2D eigenvalue weighted by Crippen LogP contribution is -2.35. The molecule has 0 saturated heterocycles. The van der Waals surface area contributed by atoms with Crippen LogP contribution in [0.4, 0.5) is 5.69 Å². The lowest BCUT2D eigenvalue weighted by atomic mass is 10.1. The van der Waals surface area contributed by atoms with Crippen LogP contribution in [0.5, 0.6) is 0 Å². The fourth-order valence-electron chi connectivity index (χ4n) is 3.33. The molecule has 0 heterocycles. The highest BCUT2D eigenvalue weighted by molar-refractivity contribution is 7.92. The maximum atomic E-state index is 12.8. The normalized spacial score (nSPS) is 12.4. The zero-order valence-corrected chi connectivity index (χ0v) is 19.6. The van der Waals surface area contributed by atoms with Crippen molar-refractivity contribution in [3.63, 3.8) is 0 Å². The number of anilines is 1. The molecule has 0 spiro atoms. The summed E-state index contributed by atoms with van der Waals surface area (Å²) in [5.74, 6) is -0.258. The SMILES string of the molecule is Cc1ccc(NS(=O)(=O)c2ccc(C(=O)N[C@H](CN(C)C)c3ccccc3)cc2)cc1C. The van der Waals surface area contributed by atoms with Crippen molar-refractivity contribution < 1.29 is 13.2 Å². The zero-order chi connectivity index (χ0) is 23.3. The molecule has 0 aliphatic heterocycles. The number of carbonyl (C=O) groups is 1. The van der Waals surface area contributed by atoms with Crippen LogP contribution in [0.15, 0.2) is 77.7 Å². The molecule has 0 unspecified atom stereocenters. The molecule has 3 rings (SSSR count). The van der Waals surface area contributed by atoms with E-state index >= 15 is 0 Å². The van der Waals surface area contributed by atoms with Crippen molar-refractivity contribution in [2.45, 2.75) is 24.8 Å². The van der Waals surface area contributed by atoms with Crippen LogP contribution in [-0.2, 0) is 10.0 Å². The summed E-state index contributed by atoms with van der Waals surface area (Å²) in [4.78, 5) is 14.9. The monoisotopic (exact) mass is 451 g/mol. The molecule has 0 saturated carbocycles. The first-order valence-electron chi connectivity index (χ1n) is 10.4. The number of benzene rings is 3. The van der Waals surface area contributed by atoms with Gasteiger partial charge in [0.05, 0.1) is 10.9 Å². The van der Waals surface area contributed by atoms with Crippen LogP contribution in [0.1, 0.15) is 33.1 Å². The molecule has 7 heteroatoms. The lowest BCUT2D eigenvalue weighted by Gasteiger charge is -2.23. The number of hydrogen-bond acceptors (Lipinski definition) is 4. The first kappa shape index (κ1) is 23.5. The van der Waals surface area contributed by atoms with Gasteiger partial charge in [0.2, 0.25) is 0 Å². The Morgan fingerprint density at radius 1 is 0.906 bits per heavy atom. The molecular weight excluding hydrogens is 422 g/mol. The minimum absolute atomic E-state index is 0.0974. The molecule has 6 nitrogen and oxygen atoms in total. The van der Waals surface area contributed by atoms with Gasteiger partial charge in [-0.3, -0.25) is 9.52 Å². The fraction of sp³-hybridized carbons (Fsp3) is 0.240. The van der Waals surface area contributed by atoms with E-state index in [0.717, 1.165) is 16.7 Å². The number of nitrogens with zero attached hydrogens (tertiary/aromatic N) is 1. The van der Waals surface area contributed by atoms with Crippen LogP contribution >= 0.6 is 0 Å². The van der Waals surface area contributed by atoms with E-state index in [1.54, 1.807) is 12.1 Å². The third-order valence-corrected chi connectivity index (χ3v) is 6.64. The van der Waals surface area contributed by atoms with E-state index in [2.05, 4.69) is 10.0 Å². The van der Waals surface area contributed by atoms with Crippen LogP contribution in [-0.4, -0.2) is 39.9 Å². The smallest absolute Gasteiger partial charge is 0.261 e. The van der Waals surface area contributed by atoms with Crippen molar-refractivity contribution in [3.8, 4) is 0 Å². The molecule has 32 heavy (non-hydrogen) atoms. The molecule has 0 aliphatic rings. The third kappa shape index (κ3) is 5.96. The number of amides is 1. The number of rotatable bonds is 8. The van der Waals surface area contributed by atoms with Gasteiger partial charge in [0.25, 0.3) is 15.9 Å². The van der Waals surface area contributed by atoms with Crippen molar-refractivity contribution in [3.05, 3.63) is 95.1 Å². The highest BCUT2D eigenvalue weighted by Crippen LogP contribution is 2.20. The van der Waals surface area contributed by atoms with E-state index in [4.69, 9.17) is 0 Å². The summed E-state index contributed by atoms with van der Waals surface area (Å²) in [7, 11) is 0.142. The van der Waals surface area contributed by atoms with Gasteiger partial charge in [0.1, 0.15) is 0 Å². The minimum Gasteiger partial charge on any atom is -0.344 e. The van der Waals surface area contributed by atoms with Crippen LogP contribution in [0.2, 0.25) is 0 Å². The summed E-state index contributed by atoms with van der Waals surface area (Å²) in [6.45, 7) is 4.54. The van der Waals surface area contributed by atoms with Crippen molar-refractivity contribution in [2.24, 2.45) is 0 Å². The summed E-state index contributed by atoms with van der Waals surface area (Å²) in [5.41, 5.74) is 4.00. The van der Waals surface area contributed by atoms with Gasteiger partial charge in [-0.25, -0.2) is 8.42 Å². The van der Waals surface area contributed by atoms with E-state index in [1.807, 2.05) is 69.2 Å². The Morgan fingerprint density at radius 2 is 1.56 bits per heavy atom. The predicted octanol–water partition coefficient (Wildman–Crippen LogP) is 4.14. The standard InChI is InChI=1S/C25H29N3O3S/c1-18-10-13-22(16-19(18)2)27-32(30,31)23-14-11-21(12-15-23)25(29)26-24(17-28(3)4)20-8-6-5-7-9-20/h5-16,24,27H,17H2,1-4H3,(H,26,29)/t24-/m1/s1. The molecule has 0 radical (unpaired) electrons. The number of aryl methyl sites for hydroxylation is 2. The van der Waals surface area contributed by atoms with Crippen molar-refractivity contribution >= 4 is 21.6 Å². The van der Waals surface area contributed by atoms with E-state index < -0.39 is 10.0 Å². The van der Waals surface area contributed by atoms with E-state index in [1.165, 1.54) is 24.3 Å². The minimum atomic E-state index is -3.76. The molecule has 0 aromatic heterocycles. The van der Waals surface area contributed by atoms with Gasteiger partial charge >= 0.3 is 0 Å². The summed E-state index contributed by atoms with van der Waals surface area (Å²) in [6, 6.07) is 20.9. The number of hydrogen-bond donors (Lipinski definition) is 2. The second-order valence-corrected chi connectivity index (χ2v) is 9.81. The largest absolute Gasteiger partial charge is 0.344 e. The van der Waals surface area contributed by atoms with Gasteiger partial charge < -0.3 is 10.2 Å². The van der Waals surface area contributed by atoms with Crippen molar-refractivity contribution in [1.29, 1.82) is 0 Å². The molecule has 3 aromatic carbocycles. The van der Waals surface area contributed by atoms with Crippen LogP contribution in [0.3, 0.4) is 0 Å². The number of likely N-dealkylation sites (N-methyl/N-ethyl adjacent to an activating group) is 1. The average molecular weight is 452 g/mol. The van der Waals surface area contributed by atoms with Gasteiger partial charge in [-0.1, -0.05) is 36.4 Å². The van der Waals surface area contributed by atoms with Gasteiger partial charge in [-0.15, -0.1) is 0 Å². The number of carbonyl (C=O) groups excluding carboxylic acids is 1. The molecule has 0 bridgehead atoms. The summed E-state index contributed by atoms with van der Waals surface area (Å²) >= 11 is 0. The quantitative estimate of drug-likeness (QED) is 0.540. The van der Waals surface area contributed by atoms with Crippen molar-refractivity contribution in [1.82, 2.24) is 10.2 Å². The predicted molar refractivity (Wildman–Crippen MR) is 128 cm³/mol. The van der Waals surface area contributed by atoms with Gasteiger partial charge in [0.15, 0.2) is 0 Å². The Kier molecular flexibility index (Phi) is 7.33. The topological polar surface area (TPSA) is 78.5 Å². The van der Waals surface area contributed by atoms with Crippen LogP contribution < -0.4 is 10.0 Å². The Labute approximate surface area is 190 Å². The average Bonchev–Trinajstić information content (AvgIpc) is 2.76. The highest BCUT2D eigenvalue weighted by atomic mass is 32.2. The summed E-state index contributed by atoms with van der Waals surface area (Å²) in [5, 5.41) is 3.04. The van der Waals surface area contributed by atoms with Gasteiger partial charge in [-0.05, 0) is 81.0 Å². The zero-order valence-electron chi connectivity index (χ0n) is 18.8. The second kappa shape index (κ2) is 9.97. The lowest BCUT2D eigenvalue weighted by molar-refractivity contribution is 0.0930. The third-order valence-electron chi connectivity index (χ3n) is 5.24. The molecule has 1 atom stereocenters. The van der Waals surface area contributed by atoms with Gasteiger partial charge in [0, 0.05) is 17.8 Å². The molecule has 2 N–H and O–H groups in total. The number of nitrogens with one attached hydrogen (secondary N) is 2. The van der Waals surface area contributed by atoms with Crippen molar-refractivity contribution in [2.75, 3.05) is 25.4 Å². The highest BCUT2D eigenvalue weighted by Gasteiger charge is 2.19. The molecule has 1 amide bonds. The molecule has 0 fully saturated rings. The Hall–Kier alpha value is -3.16. The molecule has 3 aromatic rings. The Bertz CT molecular complexity index is 1170. The van der Waals surface area contributed by atoms with Crippen LogP contribution in [0, 0.1) is 13.8 Å². The number of sulfonamides is 1. The summed E-state index contributed by atoms with van der Waals surface area (Å²) in [6.07, 6.45) is 0. The van der Waals surface area contributed by atoms with E-state index in [0.29, 0.717) is 17.8 Å². The van der Waals surface area contributed by atoms with Gasteiger partial charge in [-0.2, -0.15) is 0 Å². The maximum Gasteiger partial charge on any atom is 0.261 e.